The molecule has 2 rings (SSSR count). The summed E-state index contributed by atoms with van der Waals surface area (Å²) in [6.07, 6.45) is 0. The number of carbonyl (C=O) groups excluding carboxylic acids is 1. The first-order valence-corrected chi connectivity index (χ1v) is 6.70. The molecule has 0 aliphatic rings. The molecule has 4 heteroatoms. The van der Waals surface area contributed by atoms with Crippen molar-refractivity contribution in [2.75, 3.05) is 11.1 Å². The monoisotopic (exact) mass is 318 g/mol. The van der Waals surface area contributed by atoms with E-state index in [2.05, 4.69) is 21.2 Å². The molecule has 2 aromatic carbocycles. The quantitative estimate of drug-likeness (QED) is 0.825. The van der Waals surface area contributed by atoms with Crippen LogP contribution in [-0.4, -0.2) is 5.91 Å². The van der Waals surface area contributed by atoms with Gasteiger partial charge in [-0.15, -0.1) is 0 Å². The molecule has 0 aromatic heterocycles. The van der Waals surface area contributed by atoms with Gasteiger partial charge in [0, 0.05) is 21.4 Å². The maximum absolute atomic E-state index is 12.2. The van der Waals surface area contributed by atoms with Gasteiger partial charge in [0.05, 0.1) is 0 Å². The van der Waals surface area contributed by atoms with Crippen molar-refractivity contribution in [2.24, 2.45) is 0 Å². The van der Waals surface area contributed by atoms with Crippen molar-refractivity contribution in [3.63, 3.8) is 0 Å². The van der Waals surface area contributed by atoms with Crippen molar-refractivity contribution in [1.82, 2.24) is 0 Å². The number of nitrogens with two attached hydrogens (primary N) is 1. The van der Waals surface area contributed by atoms with Crippen molar-refractivity contribution in [1.29, 1.82) is 0 Å². The zero-order valence-corrected chi connectivity index (χ0v) is 12.4. The molecular formula is C15H15BrN2O. The number of halogens is 1. The first-order valence-electron chi connectivity index (χ1n) is 5.91. The van der Waals surface area contributed by atoms with E-state index in [-0.39, 0.29) is 5.91 Å². The molecule has 2 aromatic rings. The number of benzene rings is 2. The van der Waals surface area contributed by atoms with Crippen molar-refractivity contribution in [2.45, 2.75) is 13.8 Å². The number of aryl methyl sites for hydroxylation is 2. The highest BCUT2D eigenvalue weighted by Gasteiger charge is 2.10. The molecule has 0 heterocycles. The van der Waals surface area contributed by atoms with Crippen LogP contribution in [0.25, 0.3) is 0 Å². The standard InChI is InChI=1S/C15H15BrN2O/c1-9-3-4-11(16)8-14(9)18-15(19)13-6-5-12(17)7-10(13)2/h3-8H,17H2,1-2H3,(H,18,19). The number of hydrogen-bond acceptors (Lipinski definition) is 2. The minimum Gasteiger partial charge on any atom is -0.399 e. The summed E-state index contributed by atoms with van der Waals surface area (Å²) in [6.45, 7) is 3.83. The average molecular weight is 319 g/mol. The van der Waals surface area contributed by atoms with E-state index in [1.165, 1.54) is 0 Å². The van der Waals surface area contributed by atoms with E-state index >= 15 is 0 Å². The molecule has 19 heavy (non-hydrogen) atoms. The second-order valence-corrected chi connectivity index (χ2v) is 5.40. The van der Waals surface area contributed by atoms with E-state index in [4.69, 9.17) is 5.73 Å². The molecule has 0 radical (unpaired) electrons. The highest BCUT2D eigenvalue weighted by atomic mass is 79.9. The van der Waals surface area contributed by atoms with Crippen LogP contribution in [0.4, 0.5) is 11.4 Å². The summed E-state index contributed by atoms with van der Waals surface area (Å²) in [5, 5.41) is 2.92. The summed E-state index contributed by atoms with van der Waals surface area (Å²) in [5.74, 6) is -0.126. The Morgan fingerprint density at radius 2 is 1.84 bits per heavy atom. The van der Waals surface area contributed by atoms with Gasteiger partial charge in [0.15, 0.2) is 0 Å². The summed E-state index contributed by atoms with van der Waals surface area (Å²) in [4.78, 5) is 12.2. The van der Waals surface area contributed by atoms with E-state index < -0.39 is 0 Å². The van der Waals surface area contributed by atoms with Crippen molar-refractivity contribution in [3.05, 3.63) is 57.6 Å². The zero-order chi connectivity index (χ0) is 14.0. The van der Waals surface area contributed by atoms with E-state index in [0.29, 0.717) is 11.3 Å². The van der Waals surface area contributed by atoms with Gasteiger partial charge in [0.1, 0.15) is 0 Å². The Morgan fingerprint density at radius 3 is 2.53 bits per heavy atom. The third kappa shape index (κ3) is 3.15. The molecule has 1 amide bonds. The van der Waals surface area contributed by atoms with Gasteiger partial charge >= 0.3 is 0 Å². The SMILES string of the molecule is Cc1ccc(Br)cc1NC(=O)c1ccc(N)cc1C. The Balaban J connectivity index is 2.28. The van der Waals surface area contributed by atoms with Crippen molar-refractivity contribution in [3.8, 4) is 0 Å². The van der Waals surface area contributed by atoms with Gasteiger partial charge in [-0.3, -0.25) is 4.79 Å². The van der Waals surface area contributed by atoms with Gasteiger partial charge in [0.2, 0.25) is 0 Å². The molecule has 0 saturated carbocycles. The number of amides is 1. The predicted octanol–water partition coefficient (Wildman–Crippen LogP) is 3.90. The lowest BCUT2D eigenvalue weighted by Crippen LogP contribution is -2.14. The number of nitrogens with one attached hydrogen (secondary N) is 1. The number of hydrogen-bond donors (Lipinski definition) is 2. The molecule has 3 N–H and O–H groups in total. The van der Waals surface area contributed by atoms with Crippen LogP contribution in [0.5, 0.6) is 0 Å². The molecule has 0 aliphatic heterocycles. The lowest BCUT2D eigenvalue weighted by Gasteiger charge is -2.11. The summed E-state index contributed by atoms with van der Waals surface area (Å²) < 4.78 is 0.933. The second-order valence-electron chi connectivity index (χ2n) is 4.49. The van der Waals surface area contributed by atoms with Crippen molar-refractivity contribution < 1.29 is 4.79 Å². The Hall–Kier alpha value is -1.81. The number of nitrogen functional groups attached to an aromatic ring is 1. The number of rotatable bonds is 2. The van der Waals surface area contributed by atoms with Gasteiger partial charge in [-0.05, 0) is 55.3 Å². The third-order valence-corrected chi connectivity index (χ3v) is 3.44. The highest BCUT2D eigenvalue weighted by molar-refractivity contribution is 9.10. The summed E-state index contributed by atoms with van der Waals surface area (Å²) in [7, 11) is 0. The summed E-state index contributed by atoms with van der Waals surface area (Å²) in [5.41, 5.74) is 9.66. The first kappa shape index (κ1) is 13.6. The first-order chi connectivity index (χ1) is 8.97. The van der Waals surface area contributed by atoms with Gasteiger partial charge in [0.25, 0.3) is 5.91 Å². The fraction of sp³-hybridized carbons (Fsp3) is 0.133. The molecule has 0 saturated heterocycles. The largest absolute Gasteiger partial charge is 0.399 e. The zero-order valence-electron chi connectivity index (χ0n) is 10.8. The van der Waals surface area contributed by atoms with E-state index in [0.717, 1.165) is 21.3 Å². The maximum Gasteiger partial charge on any atom is 0.255 e. The molecule has 0 unspecified atom stereocenters. The van der Waals surface area contributed by atoms with Crippen LogP contribution >= 0.6 is 15.9 Å². The van der Waals surface area contributed by atoms with Gasteiger partial charge in [-0.1, -0.05) is 22.0 Å². The minimum atomic E-state index is -0.126. The Bertz CT molecular complexity index is 638. The average Bonchev–Trinajstić information content (AvgIpc) is 2.33. The topological polar surface area (TPSA) is 55.1 Å². The Kier molecular flexibility index (Phi) is 3.90. The van der Waals surface area contributed by atoms with E-state index in [1.54, 1.807) is 18.2 Å². The van der Waals surface area contributed by atoms with Crippen molar-refractivity contribution >= 4 is 33.2 Å². The van der Waals surface area contributed by atoms with Gasteiger partial charge < -0.3 is 11.1 Å². The molecule has 0 aliphatic carbocycles. The molecule has 0 bridgehead atoms. The summed E-state index contributed by atoms with van der Waals surface area (Å²) >= 11 is 3.40. The highest BCUT2D eigenvalue weighted by Crippen LogP contribution is 2.22. The minimum absolute atomic E-state index is 0.126. The van der Waals surface area contributed by atoms with E-state index in [1.807, 2.05) is 32.0 Å². The fourth-order valence-corrected chi connectivity index (χ4v) is 2.22. The van der Waals surface area contributed by atoms with Crippen LogP contribution in [0.2, 0.25) is 0 Å². The fourth-order valence-electron chi connectivity index (χ4n) is 1.86. The van der Waals surface area contributed by atoms with Crippen LogP contribution in [0, 0.1) is 13.8 Å². The number of anilines is 2. The smallest absolute Gasteiger partial charge is 0.255 e. The normalized spacial score (nSPS) is 10.3. The molecule has 98 valence electrons. The van der Waals surface area contributed by atoms with E-state index in [9.17, 15) is 4.79 Å². The van der Waals surface area contributed by atoms with Crippen LogP contribution < -0.4 is 11.1 Å². The Morgan fingerprint density at radius 1 is 1.11 bits per heavy atom. The molecule has 0 atom stereocenters. The molecule has 3 nitrogen and oxygen atoms in total. The van der Waals surface area contributed by atoms with Crippen LogP contribution in [0.3, 0.4) is 0 Å². The lowest BCUT2D eigenvalue weighted by atomic mass is 10.1. The maximum atomic E-state index is 12.2. The molecule has 0 fully saturated rings. The van der Waals surface area contributed by atoms with Gasteiger partial charge in [-0.25, -0.2) is 0 Å². The number of carbonyl (C=O) groups is 1. The summed E-state index contributed by atoms with van der Waals surface area (Å²) in [6, 6.07) is 11.1. The van der Waals surface area contributed by atoms with Crippen LogP contribution in [0.15, 0.2) is 40.9 Å². The third-order valence-electron chi connectivity index (χ3n) is 2.94. The van der Waals surface area contributed by atoms with Gasteiger partial charge in [-0.2, -0.15) is 0 Å². The molecule has 0 spiro atoms. The van der Waals surface area contributed by atoms with Crippen LogP contribution in [-0.2, 0) is 0 Å². The van der Waals surface area contributed by atoms with Crippen LogP contribution in [0.1, 0.15) is 21.5 Å². The Labute approximate surface area is 121 Å². The lowest BCUT2D eigenvalue weighted by molar-refractivity contribution is 0.102. The predicted molar refractivity (Wildman–Crippen MR) is 82.4 cm³/mol. The molecular weight excluding hydrogens is 304 g/mol. The second kappa shape index (κ2) is 5.45.